The minimum absolute atomic E-state index is 0.100. The Kier molecular flexibility index (Phi) is 5.96. The van der Waals surface area contributed by atoms with Gasteiger partial charge in [-0.25, -0.2) is 0 Å². The van der Waals surface area contributed by atoms with Crippen LogP contribution in [0, 0.1) is 0 Å². The van der Waals surface area contributed by atoms with Crippen LogP contribution in [0.5, 0.6) is 0 Å². The lowest BCUT2D eigenvalue weighted by molar-refractivity contribution is -0.141. The maximum Gasteiger partial charge on any atom is 0.327 e. The van der Waals surface area contributed by atoms with Gasteiger partial charge in [0.25, 0.3) is 0 Å². The first-order valence-corrected chi connectivity index (χ1v) is 6.83. The van der Waals surface area contributed by atoms with Crippen molar-refractivity contribution in [3.63, 3.8) is 0 Å². The summed E-state index contributed by atoms with van der Waals surface area (Å²) in [5.41, 5.74) is 0.202. The number of hydrogen-bond donors (Lipinski definition) is 2. The van der Waals surface area contributed by atoms with E-state index in [1.807, 2.05) is 6.07 Å². The molecule has 108 valence electrons. The summed E-state index contributed by atoms with van der Waals surface area (Å²) < 4.78 is 6.93. The average Bonchev–Trinajstić information content (AvgIpc) is 2.63. The number of halogens is 1. The Morgan fingerprint density at radius 1 is 1.63 bits per heavy atom. The molecule has 0 saturated carbocycles. The van der Waals surface area contributed by atoms with Crippen molar-refractivity contribution in [2.75, 3.05) is 20.2 Å². The van der Waals surface area contributed by atoms with Crippen LogP contribution < -0.4 is 5.32 Å². The highest BCUT2D eigenvalue weighted by molar-refractivity contribution is 9.10. The highest BCUT2D eigenvalue weighted by Crippen LogP contribution is 2.11. The van der Waals surface area contributed by atoms with E-state index in [9.17, 15) is 9.90 Å². The third-order valence-electron chi connectivity index (χ3n) is 2.46. The van der Waals surface area contributed by atoms with Crippen LogP contribution in [0.1, 0.15) is 19.5 Å². The van der Waals surface area contributed by atoms with Gasteiger partial charge in [0.15, 0.2) is 0 Å². The van der Waals surface area contributed by atoms with Crippen molar-refractivity contribution in [3.05, 3.63) is 16.4 Å². The molecule has 1 rings (SSSR count). The Morgan fingerprint density at radius 3 is 2.89 bits per heavy atom. The fourth-order valence-corrected chi connectivity index (χ4v) is 2.01. The molecule has 0 saturated heterocycles. The van der Waals surface area contributed by atoms with Gasteiger partial charge in [-0.15, -0.1) is 0 Å². The van der Waals surface area contributed by atoms with Crippen LogP contribution >= 0.6 is 15.9 Å². The van der Waals surface area contributed by atoms with Crippen LogP contribution in [-0.2, 0) is 22.5 Å². The molecule has 1 heterocycles. The number of rotatable bonds is 7. The summed E-state index contributed by atoms with van der Waals surface area (Å²) in [6, 6.07) is 1.87. The van der Waals surface area contributed by atoms with Crippen LogP contribution in [-0.4, -0.2) is 46.7 Å². The zero-order valence-electron chi connectivity index (χ0n) is 11.4. The smallest absolute Gasteiger partial charge is 0.327 e. The number of aromatic nitrogens is 2. The van der Waals surface area contributed by atoms with Gasteiger partial charge >= 0.3 is 5.97 Å². The molecule has 0 amide bonds. The summed E-state index contributed by atoms with van der Waals surface area (Å²) >= 11 is 3.29. The molecule has 0 bridgehead atoms. The maximum atomic E-state index is 11.3. The minimum atomic E-state index is -0.729. The first kappa shape index (κ1) is 16.1. The van der Waals surface area contributed by atoms with Crippen LogP contribution in [0.25, 0.3) is 0 Å². The summed E-state index contributed by atoms with van der Waals surface area (Å²) in [6.07, 6.45) is 0.714. The summed E-state index contributed by atoms with van der Waals surface area (Å²) in [7, 11) is 1.35. The molecule has 1 aromatic rings. The Balaban J connectivity index is 2.51. The zero-order chi connectivity index (χ0) is 14.5. The minimum Gasteiger partial charge on any atom is -0.468 e. The quantitative estimate of drug-likeness (QED) is 0.568. The normalized spacial score (nSPS) is 11.6. The fraction of sp³-hybridized carbons (Fsp3) is 0.667. The number of carbonyl (C=O) groups is 1. The first-order valence-electron chi connectivity index (χ1n) is 6.04. The van der Waals surface area contributed by atoms with Crippen LogP contribution in [0.2, 0.25) is 0 Å². The van der Waals surface area contributed by atoms with Crippen molar-refractivity contribution in [1.29, 1.82) is 0 Å². The average molecular weight is 334 g/mol. The maximum absolute atomic E-state index is 11.3. The van der Waals surface area contributed by atoms with Crippen molar-refractivity contribution in [2.24, 2.45) is 0 Å². The van der Waals surface area contributed by atoms with Crippen molar-refractivity contribution < 1.29 is 14.6 Å². The second kappa shape index (κ2) is 7.02. The Labute approximate surface area is 121 Å². The Morgan fingerprint density at radius 2 is 2.32 bits per heavy atom. The van der Waals surface area contributed by atoms with Crippen molar-refractivity contribution in [2.45, 2.75) is 32.4 Å². The molecule has 2 N–H and O–H groups in total. The van der Waals surface area contributed by atoms with E-state index in [2.05, 4.69) is 31.1 Å². The van der Waals surface area contributed by atoms with Crippen molar-refractivity contribution in [3.8, 4) is 0 Å². The van der Waals surface area contributed by atoms with Crippen molar-refractivity contribution >= 4 is 21.9 Å². The molecule has 7 heteroatoms. The predicted molar refractivity (Wildman–Crippen MR) is 74.8 cm³/mol. The Hall–Kier alpha value is -0.920. The van der Waals surface area contributed by atoms with E-state index in [4.69, 9.17) is 0 Å². The lowest BCUT2D eigenvalue weighted by Crippen LogP contribution is -2.35. The first-order chi connectivity index (χ1) is 8.81. The van der Waals surface area contributed by atoms with Gasteiger partial charge in [0, 0.05) is 25.2 Å². The highest BCUT2D eigenvalue weighted by Gasteiger charge is 2.13. The molecule has 0 aromatic carbocycles. The summed E-state index contributed by atoms with van der Waals surface area (Å²) in [6.45, 7) is 4.81. The standard InChI is InChI=1S/C12H20BrN3O3/c1-12(2,18)8-14-5-4-9-6-10(13)15-16(9)7-11(17)19-3/h6,14,18H,4-5,7-8H2,1-3H3. The molecule has 0 aliphatic rings. The van der Waals surface area contributed by atoms with Gasteiger partial charge in [-0.3, -0.25) is 9.48 Å². The third kappa shape index (κ3) is 6.17. The lowest BCUT2D eigenvalue weighted by Gasteiger charge is -2.17. The number of nitrogens with zero attached hydrogens (tertiary/aromatic N) is 2. The molecule has 6 nitrogen and oxygen atoms in total. The summed E-state index contributed by atoms with van der Waals surface area (Å²) in [5.74, 6) is -0.332. The lowest BCUT2D eigenvalue weighted by atomic mass is 10.1. The molecule has 0 fully saturated rings. The Bertz CT molecular complexity index is 426. The second-order valence-corrected chi connectivity index (χ2v) is 5.74. The molecule has 19 heavy (non-hydrogen) atoms. The summed E-state index contributed by atoms with van der Waals surface area (Å²) in [5, 5.41) is 16.9. The number of hydrogen-bond acceptors (Lipinski definition) is 5. The van der Waals surface area contributed by atoms with E-state index in [1.165, 1.54) is 7.11 Å². The second-order valence-electron chi connectivity index (χ2n) is 4.93. The number of aliphatic hydroxyl groups is 1. The van der Waals surface area contributed by atoms with Crippen LogP contribution in [0.15, 0.2) is 10.7 Å². The van der Waals surface area contributed by atoms with E-state index in [-0.39, 0.29) is 12.5 Å². The molecular formula is C12H20BrN3O3. The molecule has 0 atom stereocenters. The van der Waals surface area contributed by atoms with E-state index < -0.39 is 5.60 Å². The third-order valence-corrected chi connectivity index (χ3v) is 2.84. The van der Waals surface area contributed by atoms with E-state index in [0.717, 1.165) is 5.69 Å². The van der Waals surface area contributed by atoms with Gasteiger partial charge in [0.1, 0.15) is 11.1 Å². The molecule has 0 aliphatic heterocycles. The van der Waals surface area contributed by atoms with Gasteiger partial charge in [-0.1, -0.05) is 0 Å². The van der Waals surface area contributed by atoms with E-state index in [1.54, 1.807) is 18.5 Å². The number of nitrogens with one attached hydrogen (secondary N) is 1. The van der Waals surface area contributed by atoms with Gasteiger partial charge in [-0.2, -0.15) is 5.10 Å². The number of ether oxygens (including phenoxy) is 1. The number of methoxy groups -OCH3 is 1. The number of esters is 1. The van der Waals surface area contributed by atoms with Gasteiger partial charge in [0.05, 0.1) is 12.7 Å². The zero-order valence-corrected chi connectivity index (χ0v) is 13.0. The number of carbonyl (C=O) groups excluding carboxylic acids is 1. The fourth-order valence-electron chi connectivity index (χ4n) is 1.56. The molecule has 0 unspecified atom stereocenters. The summed E-state index contributed by atoms with van der Waals surface area (Å²) in [4.78, 5) is 11.3. The van der Waals surface area contributed by atoms with E-state index >= 15 is 0 Å². The molecular weight excluding hydrogens is 314 g/mol. The predicted octanol–water partition coefficient (Wildman–Crippen LogP) is 0.722. The van der Waals surface area contributed by atoms with Crippen molar-refractivity contribution in [1.82, 2.24) is 15.1 Å². The SMILES string of the molecule is COC(=O)Cn1nc(Br)cc1CCNCC(C)(C)O. The largest absolute Gasteiger partial charge is 0.468 e. The van der Waals surface area contributed by atoms with E-state index in [0.29, 0.717) is 24.1 Å². The van der Waals surface area contributed by atoms with Crippen LogP contribution in [0.3, 0.4) is 0 Å². The molecule has 0 radical (unpaired) electrons. The monoisotopic (exact) mass is 333 g/mol. The van der Waals surface area contributed by atoms with Gasteiger partial charge in [-0.05, 0) is 35.8 Å². The molecule has 0 aliphatic carbocycles. The highest BCUT2D eigenvalue weighted by atomic mass is 79.9. The van der Waals surface area contributed by atoms with Crippen LogP contribution in [0.4, 0.5) is 0 Å². The molecule has 1 aromatic heterocycles. The molecule has 0 spiro atoms. The topological polar surface area (TPSA) is 76.4 Å². The van der Waals surface area contributed by atoms with Gasteiger partial charge < -0.3 is 15.2 Å². The van der Waals surface area contributed by atoms with Gasteiger partial charge in [0.2, 0.25) is 0 Å².